The van der Waals surface area contributed by atoms with Crippen molar-refractivity contribution in [2.45, 2.75) is 19.1 Å². The zero-order valence-electron chi connectivity index (χ0n) is 7.44. The fraction of sp³-hybridized carbons (Fsp3) is 0.571. The van der Waals surface area contributed by atoms with Gasteiger partial charge < -0.3 is 20.5 Å². The van der Waals surface area contributed by atoms with Crippen LogP contribution >= 0.6 is 0 Å². The highest BCUT2D eigenvalue weighted by molar-refractivity contribution is 5.90. The summed E-state index contributed by atoms with van der Waals surface area (Å²) in [6.45, 7) is 1.07. The Morgan fingerprint density at radius 1 is 1.64 bits per heavy atom. The van der Waals surface area contributed by atoms with Crippen molar-refractivity contribution in [1.82, 2.24) is 10.6 Å². The van der Waals surface area contributed by atoms with Crippen LogP contribution in [0.2, 0.25) is 0 Å². The van der Waals surface area contributed by atoms with Gasteiger partial charge in [0, 0.05) is 0 Å². The maximum atomic E-state index is 11.2. The highest BCUT2D eigenvalue weighted by atomic mass is 16.6. The number of carboxylic acids is 1. The van der Waals surface area contributed by atoms with Crippen LogP contribution in [0.3, 0.4) is 0 Å². The number of nitrogens with one attached hydrogen (secondary N) is 2. The van der Waals surface area contributed by atoms with Crippen molar-refractivity contribution >= 4 is 18.0 Å². The predicted octanol–water partition coefficient (Wildman–Crippen LogP) is -1.32. The molecule has 0 aromatic carbocycles. The fourth-order valence-electron chi connectivity index (χ4n) is 1.07. The predicted molar refractivity (Wildman–Crippen MR) is 43.5 cm³/mol. The van der Waals surface area contributed by atoms with E-state index in [1.807, 2.05) is 0 Å². The molecule has 0 aliphatic carbocycles. The van der Waals surface area contributed by atoms with Gasteiger partial charge in [-0.05, 0) is 6.92 Å². The van der Waals surface area contributed by atoms with E-state index in [1.54, 1.807) is 6.92 Å². The summed E-state index contributed by atoms with van der Waals surface area (Å²) in [4.78, 5) is 32.0. The standard InChI is InChI=1S/C7H10N2O5/c1-3-5(9-7(13)14-3)6(12)8-2-4(10)11/h3,5H,2H2,1H3,(H,8,12)(H,9,13)(H,10,11)/t3-,5-/m0/s1. The highest BCUT2D eigenvalue weighted by Crippen LogP contribution is 2.07. The van der Waals surface area contributed by atoms with Gasteiger partial charge >= 0.3 is 12.1 Å². The van der Waals surface area contributed by atoms with Crippen molar-refractivity contribution in [2.24, 2.45) is 0 Å². The molecular weight excluding hydrogens is 192 g/mol. The van der Waals surface area contributed by atoms with Crippen molar-refractivity contribution in [3.63, 3.8) is 0 Å². The Morgan fingerprint density at radius 2 is 2.29 bits per heavy atom. The zero-order chi connectivity index (χ0) is 10.7. The summed E-state index contributed by atoms with van der Waals surface area (Å²) in [7, 11) is 0. The van der Waals surface area contributed by atoms with Gasteiger partial charge in [-0.15, -0.1) is 0 Å². The van der Waals surface area contributed by atoms with Crippen LogP contribution in [-0.4, -0.2) is 41.8 Å². The van der Waals surface area contributed by atoms with Crippen molar-refractivity contribution in [1.29, 1.82) is 0 Å². The Labute approximate surface area is 79.4 Å². The number of hydrogen-bond acceptors (Lipinski definition) is 4. The number of ether oxygens (including phenoxy) is 1. The van der Waals surface area contributed by atoms with E-state index >= 15 is 0 Å². The van der Waals surface area contributed by atoms with Crippen LogP contribution in [0.4, 0.5) is 4.79 Å². The molecule has 7 nitrogen and oxygen atoms in total. The fourth-order valence-corrected chi connectivity index (χ4v) is 1.07. The molecule has 14 heavy (non-hydrogen) atoms. The number of rotatable bonds is 3. The number of cyclic esters (lactones) is 1. The third-order valence-electron chi connectivity index (χ3n) is 1.73. The summed E-state index contributed by atoms with van der Waals surface area (Å²) in [5, 5.41) is 12.7. The van der Waals surface area contributed by atoms with Crippen molar-refractivity contribution in [2.75, 3.05) is 6.54 Å². The molecule has 2 atom stereocenters. The van der Waals surface area contributed by atoms with Gasteiger partial charge in [-0.25, -0.2) is 4.79 Å². The molecule has 78 valence electrons. The van der Waals surface area contributed by atoms with Crippen LogP contribution in [0.25, 0.3) is 0 Å². The van der Waals surface area contributed by atoms with Crippen molar-refractivity contribution in [3.05, 3.63) is 0 Å². The third kappa shape index (κ3) is 2.35. The highest BCUT2D eigenvalue weighted by Gasteiger charge is 2.35. The maximum absolute atomic E-state index is 11.2. The molecule has 0 spiro atoms. The van der Waals surface area contributed by atoms with Gasteiger partial charge in [0.15, 0.2) is 0 Å². The molecule has 0 aromatic heterocycles. The van der Waals surface area contributed by atoms with E-state index in [9.17, 15) is 14.4 Å². The van der Waals surface area contributed by atoms with E-state index in [1.165, 1.54) is 0 Å². The number of amides is 2. The summed E-state index contributed by atoms with van der Waals surface area (Å²) in [6, 6.07) is -0.818. The number of aliphatic carboxylic acids is 1. The largest absolute Gasteiger partial charge is 0.480 e. The normalized spacial score (nSPS) is 25.1. The van der Waals surface area contributed by atoms with Gasteiger partial charge in [0.05, 0.1) is 0 Å². The van der Waals surface area contributed by atoms with Crippen molar-refractivity contribution in [3.8, 4) is 0 Å². The number of carbonyl (C=O) groups excluding carboxylic acids is 2. The Balaban J connectivity index is 2.45. The van der Waals surface area contributed by atoms with E-state index in [0.717, 1.165) is 0 Å². The van der Waals surface area contributed by atoms with E-state index < -0.39 is 36.7 Å². The third-order valence-corrected chi connectivity index (χ3v) is 1.73. The second-order valence-electron chi connectivity index (χ2n) is 2.84. The second kappa shape index (κ2) is 3.95. The molecule has 0 bridgehead atoms. The number of hydrogen-bond donors (Lipinski definition) is 3. The Morgan fingerprint density at radius 3 is 2.71 bits per heavy atom. The summed E-state index contributed by atoms with van der Waals surface area (Å²) < 4.78 is 4.64. The molecule has 0 unspecified atom stereocenters. The topological polar surface area (TPSA) is 105 Å². The lowest BCUT2D eigenvalue weighted by molar-refractivity contribution is -0.138. The van der Waals surface area contributed by atoms with Gasteiger partial charge in [-0.3, -0.25) is 9.59 Å². The quantitative estimate of drug-likeness (QED) is 0.526. The first kappa shape index (κ1) is 10.3. The lowest BCUT2D eigenvalue weighted by Gasteiger charge is -2.11. The average molecular weight is 202 g/mol. The van der Waals surface area contributed by atoms with Gasteiger partial charge in [0.1, 0.15) is 18.7 Å². The molecule has 1 fully saturated rings. The summed E-state index contributed by atoms with van der Waals surface area (Å²) in [6.07, 6.45) is -1.26. The van der Waals surface area contributed by atoms with E-state index in [0.29, 0.717) is 0 Å². The number of alkyl carbamates (subject to hydrolysis) is 1. The van der Waals surface area contributed by atoms with Gasteiger partial charge in [-0.1, -0.05) is 0 Å². The van der Waals surface area contributed by atoms with E-state index in [4.69, 9.17) is 5.11 Å². The van der Waals surface area contributed by atoms with Crippen LogP contribution in [0, 0.1) is 0 Å². The average Bonchev–Trinajstić information content (AvgIpc) is 2.41. The minimum atomic E-state index is -1.14. The Hall–Kier alpha value is -1.79. The molecule has 1 saturated heterocycles. The molecular formula is C7H10N2O5. The van der Waals surface area contributed by atoms with Crippen LogP contribution in [0.1, 0.15) is 6.92 Å². The van der Waals surface area contributed by atoms with Gasteiger partial charge in [0.25, 0.3) is 0 Å². The van der Waals surface area contributed by atoms with E-state index in [-0.39, 0.29) is 0 Å². The first-order valence-electron chi connectivity index (χ1n) is 3.97. The van der Waals surface area contributed by atoms with Crippen LogP contribution in [0.15, 0.2) is 0 Å². The SMILES string of the molecule is C[C@@H]1OC(=O)N[C@@H]1C(=O)NCC(=O)O. The molecule has 1 aliphatic heterocycles. The summed E-state index contributed by atoms with van der Waals surface area (Å²) >= 11 is 0. The smallest absolute Gasteiger partial charge is 0.408 e. The number of carbonyl (C=O) groups is 3. The molecule has 2 amide bonds. The minimum absolute atomic E-state index is 0.474. The van der Waals surface area contributed by atoms with Gasteiger partial charge in [0.2, 0.25) is 5.91 Å². The molecule has 0 radical (unpaired) electrons. The Kier molecular flexibility index (Phi) is 2.90. The van der Waals surface area contributed by atoms with Crippen LogP contribution in [-0.2, 0) is 14.3 Å². The number of carboxylic acid groups (broad SMARTS) is 1. The first-order chi connectivity index (χ1) is 6.50. The maximum Gasteiger partial charge on any atom is 0.408 e. The van der Waals surface area contributed by atoms with Crippen LogP contribution < -0.4 is 10.6 Å². The molecule has 3 N–H and O–H groups in total. The molecule has 1 rings (SSSR count). The van der Waals surface area contributed by atoms with Crippen LogP contribution in [0.5, 0.6) is 0 Å². The molecule has 0 saturated carbocycles. The zero-order valence-corrected chi connectivity index (χ0v) is 7.44. The lowest BCUT2D eigenvalue weighted by Crippen LogP contribution is -2.46. The van der Waals surface area contributed by atoms with E-state index in [2.05, 4.69) is 15.4 Å². The lowest BCUT2D eigenvalue weighted by atomic mass is 10.2. The monoisotopic (exact) mass is 202 g/mol. The summed E-state index contributed by atoms with van der Waals surface area (Å²) in [5.74, 6) is -1.71. The molecule has 0 aromatic rings. The van der Waals surface area contributed by atoms with Crippen molar-refractivity contribution < 1.29 is 24.2 Å². The minimum Gasteiger partial charge on any atom is -0.480 e. The molecule has 7 heteroatoms. The second-order valence-corrected chi connectivity index (χ2v) is 2.84. The first-order valence-corrected chi connectivity index (χ1v) is 3.97. The molecule has 1 heterocycles. The Bertz CT molecular complexity index is 277. The molecule has 1 aliphatic rings. The van der Waals surface area contributed by atoms with Gasteiger partial charge in [-0.2, -0.15) is 0 Å². The summed E-state index contributed by atoms with van der Waals surface area (Å²) in [5.41, 5.74) is 0.